The Labute approximate surface area is 111 Å². The Kier molecular flexibility index (Phi) is 3.84. The molecule has 0 saturated carbocycles. The van der Waals surface area contributed by atoms with Gasteiger partial charge in [-0.15, -0.1) is 0 Å². The van der Waals surface area contributed by atoms with Crippen molar-refractivity contribution in [3.63, 3.8) is 0 Å². The molecule has 2 aromatic rings. The summed E-state index contributed by atoms with van der Waals surface area (Å²) in [7, 11) is 0. The molecule has 2 aromatic heterocycles. The number of H-pyrrole nitrogens is 2. The number of nitrogens with two attached hydrogens (primary N) is 1. The van der Waals surface area contributed by atoms with Crippen LogP contribution in [0.15, 0.2) is 12.4 Å². The van der Waals surface area contributed by atoms with Crippen LogP contribution in [0.5, 0.6) is 0 Å². The van der Waals surface area contributed by atoms with E-state index in [1.165, 1.54) is 0 Å². The Morgan fingerprint density at radius 3 is 2.89 bits per heavy atom. The van der Waals surface area contributed by atoms with Gasteiger partial charge in [-0.05, 0) is 5.92 Å². The van der Waals surface area contributed by atoms with Crippen LogP contribution in [0.4, 0.5) is 5.69 Å². The van der Waals surface area contributed by atoms with Gasteiger partial charge in [0.1, 0.15) is 5.82 Å². The molecule has 2 rings (SSSR count). The molecule has 19 heavy (non-hydrogen) atoms. The van der Waals surface area contributed by atoms with Crippen LogP contribution in [-0.2, 0) is 6.42 Å². The molecule has 102 valence electrons. The fraction of sp³-hybridized carbons (Fsp3) is 0.417. The minimum Gasteiger partial charge on any atom is -0.395 e. The van der Waals surface area contributed by atoms with E-state index in [4.69, 9.17) is 5.73 Å². The van der Waals surface area contributed by atoms with Gasteiger partial charge in [0.15, 0.2) is 5.69 Å². The predicted molar refractivity (Wildman–Crippen MR) is 71.7 cm³/mol. The van der Waals surface area contributed by atoms with Crippen molar-refractivity contribution < 1.29 is 4.79 Å². The summed E-state index contributed by atoms with van der Waals surface area (Å²) in [6.45, 7) is 4.46. The van der Waals surface area contributed by atoms with E-state index in [2.05, 4.69) is 25.5 Å². The molecule has 0 aliphatic heterocycles. The number of hydrogen-bond donors (Lipinski definition) is 4. The molecule has 0 aromatic carbocycles. The summed E-state index contributed by atoms with van der Waals surface area (Å²) in [6.07, 6.45) is 4.07. The highest BCUT2D eigenvalue weighted by molar-refractivity contribution is 5.97. The van der Waals surface area contributed by atoms with E-state index in [1.807, 2.05) is 13.8 Å². The highest BCUT2D eigenvalue weighted by Crippen LogP contribution is 2.21. The molecule has 1 amide bonds. The minimum atomic E-state index is -0.271. The summed E-state index contributed by atoms with van der Waals surface area (Å²) in [4.78, 5) is 19.0. The first-order valence-corrected chi connectivity index (χ1v) is 6.19. The molecular weight excluding hydrogens is 244 g/mol. The molecule has 0 bridgehead atoms. The topological polar surface area (TPSA) is 112 Å². The summed E-state index contributed by atoms with van der Waals surface area (Å²) in [5.41, 5.74) is 7.36. The van der Waals surface area contributed by atoms with Crippen LogP contribution < -0.4 is 11.1 Å². The number of nitrogens with one attached hydrogen (secondary N) is 3. The average molecular weight is 262 g/mol. The number of nitrogen functional groups attached to an aromatic ring is 1. The molecule has 0 saturated heterocycles. The molecule has 7 heteroatoms. The standard InChI is InChI=1S/C12H18N6O/c1-7(2)10-9(13)11(18-17-10)12(19)16-4-3-8-14-5-6-15-8/h5-7H,3-4,13H2,1-2H3,(H,14,15)(H,16,19)(H,17,18). The van der Waals surface area contributed by atoms with Crippen LogP contribution in [-0.4, -0.2) is 32.6 Å². The number of carbonyl (C=O) groups excluding carboxylic acids is 1. The first-order valence-electron chi connectivity index (χ1n) is 6.19. The third kappa shape index (κ3) is 2.93. The fourth-order valence-corrected chi connectivity index (χ4v) is 1.79. The van der Waals surface area contributed by atoms with Crippen molar-refractivity contribution in [3.05, 3.63) is 29.6 Å². The van der Waals surface area contributed by atoms with Gasteiger partial charge in [-0.1, -0.05) is 13.8 Å². The fourth-order valence-electron chi connectivity index (χ4n) is 1.79. The molecule has 5 N–H and O–H groups in total. The van der Waals surface area contributed by atoms with Crippen molar-refractivity contribution in [2.45, 2.75) is 26.2 Å². The molecule has 0 radical (unpaired) electrons. The Morgan fingerprint density at radius 1 is 1.53 bits per heavy atom. The van der Waals surface area contributed by atoms with E-state index in [9.17, 15) is 4.79 Å². The number of amides is 1. The predicted octanol–water partition coefficient (Wildman–Crippen LogP) is 0.811. The Balaban J connectivity index is 1.93. The lowest BCUT2D eigenvalue weighted by Crippen LogP contribution is -2.27. The monoisotopic (exact) mass is 262 g/mol. The Morgan fingerprint density at radius 2 is 2.32 bits per heavy atom. The van der Waals surface area contributed by atoms with E-state index in [-0.39, 0.29) is 17.5 Å². The van der Waals surface area contributed by atoms with Crippen molar-refractivity contribution >= 4 is 11.6 Å². The van der Waals surface area contributed by atoms with Crippen molar-refractivity contribution in [1.29, 1.82) is 0 Å². The number of hydrogen-bond acceptors (Lipinski definition) is 4. The number of carbonyl (C=O) groups is 1. The lowest BCUT2D eigenvalue weighted by atomic mass is 10.1. The maximum Gasteiger partial charge on any atom is 0.273 e. The Bertz CT molecular complexity index is 543. The summed E-state index contributed by atoms with van der Waals surface area (Å²) in [5.74, 6) is 0.766. The van der Waals surface area contributed by atoms with Crippen LogP contribution >= 0.6 is 0 Å². The van der Waals surface area contributed by atoms with Crippen LogP contribution in [0.1, 0.15) is 41.8 Å². The maximum absolute atomic E-state index is 11.9. The van der Waals surface area contributed by atoms with Gasteiger partial charge in [0.05, 0.1) is 11.4 Å². The van der Waals surface area contributed by atoms with Gasteiger partial charge < -0.3 is 16.0 Å². The number of rotatable bonds is 5. The Hall–Kier alpha value is -2.31. The van der Waals surface area contributed by atoms with E-state index >= 15 is 0 Å². The van der Waals surface area contributed by atoms with Gasteiger partial charge in [-0.25, -0.2) is 4.98 Å². The average Bonchev–Trinajstić information content (AvgIpc) is 2.98. The van der Waals surface area contributed by atoms with Crippen molar-refractivity contribution in [2.75, 3.05) is 12.3 Å². The minimum absolute atomic E-state index is 0.206. The molecule has 0 atom stereocenters. The first-order chi connectivity index (χ1) is 9.09. The molecule has 0 unspecified atom stereocenters. The SMILES string of the molecule is CC(C)c1[nH]nc(C(=O)NCCc2ncc[nH]2)c1N. The van der Waals surface area contributed by atoms with Crippen molar-refractivity contribution in [3.8, 4) is 0 Å². The summed E-state index contributed by atoms with van der Waals surface area (Å²) in [5, 5.41) is 9.54. The zero-order valence-electron chi connectivity index (χ0n) is 11.0. The van der Waals surface area contributed by atoms with Gasteiger partial charge in [0.25, 0.3) is 5.91 Å². The van der Waals surface area contributed by atoms with Crippen LogP contribution in [0.3, 0.4) is 0 Å². The van der Waals surface area contributed by atoms with E-state index in [0.29, 0.717) is 18.7 Å². The van der Waals surface area contributed by atoms with E-state index in [1.54, 1.807) is 12.4 Å². The number of aromatic nitrogens is 4. The van der Waals surface area contributed by atoms with Crippen molar-refractivity contribution in [1.82, 2.24) is 25.5 Å². The molecule has 2 heterocycles. The molecular formula is C12H18N6O. The summed E-state index contributed by atoms with van der Waals surface area (Å²) in [6, 6.07) is 0. The van der Waals surface area contributed by atoms with Gasteiger partial charge >= 0.3 is 0 Å². The highest BCUT2D eigenvalue weighted by atomic mass is 16.1. The van der Waals surface area contributed by atoms with Gasteiger partial charge in [0.2, 0.25) is 0 Å². The van der Waals surface area contributed by atoms with Gasteiger partial charge in [-0.3, -0.25) is 9.89 Å². The quantitative estimate of drug-likeness (QED) is 0.638. The smallest absolute Gasteiger partial charge is 0.273 e. The lowest BCUT2D eigenvalue weighted by molar-refractivity contribution is 0.0950. The number of aromatic amines is 2. The summed E-state index contributed by atoms with van der Waals surface area (Å²) < 4.78 is 0. The number of imidazole rings is 1. The van der Waals surface area contributed by atoms with Gasteiger partial charge in [-0.2, -0.15) is 5.10 Å². The molecule has 0 spiro atoms. The van der Waals surface area contributed by atoms with Crippen LogP contribution in [0, 0.1) is 0 Å². The number of anilines is 1. The third-order valence-electron chi connectivity index (χ3n) is 2.83. The molecule has 0 aliphatic carbocycles. The molecule has 0 aliphatic rings. The van der Waals surface area contributed by atoms with Crippen LogP contribution in [0.25, 0.3) is 0 Å². The second kappa shape index (κ2) is 5.55. The third-order valence-corrected chi connectivity index (χ3v) is 2.83. The number of nitrogens with zero attached hydrogens (tertiary/aromatic N) is 2. The second-order valence-corrected chi connectivity index (χ2v) is 4.60. The van der Waals surface area contributed by atoms with E-state index in [0.717, 1.165) is 11.5 Å². The highest BCUT2D eigenvalue weighted by Gasteiger charge is 2.18. The molecule has 7 nitrogen and oxygen atoms in total. The molecule has 0 fully saturated rings. The van der Waals surface area contributed by atoms with Crippen molar-refractivity contribution in [2.24, 2.45) is 0 Å². The first kappa shape index (κ1) is 13.1. The van der Waals surface area contributed by atoms with Gasteiger partial charge in [0, 0.05) is 25.4 Å². The normalized spacial score (nSPS) is 10.9. The van der Waals surface area contributed by atoms with E-state index < -0.39 is 0 Å². The zero-order chi connectivity index (χ0) is 13.8. The largest absolute Gasteiger partial charge is 0.395 e. The lowest BCUT2D eigenvalue weighted by Gasteiger charge is -2.04. The second-order valence-electron chi connectivity index (χ2n) is 4.60. The maximum atomic E-state index is 11.9. The van der Waals surface area contributed by atoms with Crippen LogP contribution in [0.2, 0.25) is 0 Å². The summed E-state index contributed by atoms with van der Waals surface area (Å²) >= 11 is 0. The zero-order valence-corrected chi connectivity index (χ0v) is 11.0.